The maximum Gasteiger partial charge on any atom is 0.336 e. The summed E-state index contributed by atoms with van der Waals surface area (Å²) < 4.78 is 1.47. The van der Waals surface area contributed by atoms with E-state index < -0.39 is 17.8 Å². The molecular weight excluding hydrogens is 360 g/mol. The van der Waals surface area contributed by atoms with Gasteiger partial charge in [-0.2, -0.15) is 5.10 Å². The van der Waals surface area contributed by atoms with Crippen molar-refractivity contribution in [1.82, 2.24) is 15.1 Å². The largest absolute Gasteiger partial charge is 0.478 e. The lowest BCUT2D eigenvalue weighted by atomic mass is 10.1. The van der Waals surface area contributed by atoms with Crippen molar-refractivity contribution in [3.63, 3.8) is 0 Å². The van der Waals surface area contributed by atoms with E-state index in [0.29, 0.717) is 17.1 Å². The summed E-state index contributed by atoms with van der Waals surface area (Å²) in [4.78, 5) is 35.5. The molecule has 0 aliphatic heterocycles. The number of anilines is 1. The van der Waals surface area contributed by atoms with E-state index in [0.717, 1.165) is 5.56 Å². The number of hydrogen-bond acceptors (Lipinski definition) is 4. The zero-order valence-electron chi connectivity index (χ0n) is 15.0. The predicted octanol–water partition coefficient (Wildman–Crippen LogP) is 2.04. The Hall–Kier alpha value is -3.94. The lowest BCUT2D eigenvalue weighted by molar-refractivity contribution is -0.136. The number of carbonyl (C=O) groups is 3. The Morgan fingerprint density at radius 1 is 1.00 bits per heavy atom. The van der Waals surface area contributed by atoms with E-state index in [-0.39, 0.29) is 12.1 Å². The van der Waals surface area contributed by atoms with Crippen LogP contribution in [-0.2, 0) is 23.2 Å². The van der Waals surface area contributed by atoms with E-state index in [1.165, 1.54) is 10.7 Å². The standard InChI is InChI=1S/C20H18N4O4/c1-24-17(11-16(23-24)13-7-3-2-4-8-13)22-19(26)18(25)21-12-14-9-5-6-10-15(14)20(27)28/h2-11H,12H2,1H3,(H,21,25)(H,22,26)(H,27,28). The van der Waals surface area contributed by atoms with Gasteiger partial charge in [-0.05, 0) is 11.6 Å². The van der Waals surface area contributed by atoms with Crippen LogP contribution in [-0.4, -0.2) is 32.7 Å². The van der Waals surface area contributed by atoms with E-state index in [4.69, 9.17) is 5.11 Å². The summed E-state index contributed by atoms with van der Waals surface area (Å²) in [5.41, 5.74) is 2.02. The molecule has 1 aromatic heterocycles. The minimum atomic E-state index is -1.10. The first-order valence-electron chi connectivity index (χ1n) is 8.45. The molecule has 0 spiro atoms. The summed E-state index contributed by atoms with van der Waals surface area (Å²) in [7, 11) is 1.66. The highest BCUT2D eigenvalue weighted by Gasteiger charge is 2.17. The third-order valence-electron chi connectivity index (χ3n) is 4.08. The molecule has 0 saturated heterocycles. The van der Waals surface area contributed by atoms with Gasteiger partial charge in [-0.1, -0.05) is 48.5 Å². The van der Waals surface area contributed by atoms with Crippen LogP contribution in [0.1, 0.15) is 15.9 Å². The maximum atomic E-state index is 12.2. The highest BCUT2D eigenvalue weighted by atomic mass is 16.4. The van der Waals surface area contributed by atoms with Gasteiger partial charge in [0.05, 0.1) is 11.3 Å². The van der Waals surface area contributed by atoms with Crippen LogP contribution >= 0.6 is 0 Å². The average Bonchev–Trinajstić information content (AvgIpc) is 3.07. The van der Waals surface area contributed by atoms with Crippen LogP contribution in [0.4, 0.5) is 5.82 Å². The summed E-state index contributed by atoms with van der Waals surface area (Å²) >= 11 is 0. The summed E-state index contributed by atoms with van der Waals surface area (Å²) in [5, 5.41) is 18.4. The number of nitrogens with zero attached hydrogens (tertiary/aromatic N) is 2. The molecule has 2 amide bonds. The number of nitrogens with one attached hydrogen (secondary N) is 2. The number of amides is 2. The summed E-state index contributed by atoms with van der Waals surface area (Å²) in [6.07, 6.45) is 0. The molecule has 3 rings (SSSR count). The molecule has 0 unspecified atom stereocenters. The number of benzene rings is 2. The Balaban J connectivity index is 1.65. The highest BCUT2D eigenvalue weighted by Crippen LogP contribution is 2.20. The SMILES string of the molecule is Cn1nc(-c2ccccc2)cc1NC(=O)C(=O)NCc1ccccc1C(=O)O. The van der Waals surface area contributed by atoms with Gasteiger partial charge in [0.2, 0.25) is 0 Å². The third-order valence-corrected chi connectivity index (χ3v) is 4.08. The number of carboxylic acid groups (broad SMARTS) is 1. The van der Waals surface area contributed by atoms with Gasteiger partial charge >= 0.3 is 17.8 Å². The van der Waals surface area contributed by atoms with E-state index >= 15 is 0 Å². The quantitative estimate of drug-likeness (QED) is 0.588. The molecule has 0 aliphatic rings. The van der Waals surface area contributed by atoms with Gasteiger partial charge in [0, 0.05) is 25.2 Å². The number of carbonyl (C=O) groups excluding carboxylic acids is 2. The predicted molar refractivity (Wildman–Crippen MR) is 103 cm³/mol. The van der Waals surface area contributed by atoms with Gasteiger partial charge < -0.3 is 15.7 Å². The van der Waals surface area contributed by atoms with Gasteiger partial charge in [-0.25, -0.2) is 4.79 Å². The Morgan fingerprint density at radius 3 is 2.39 bits per heavy atom. The number of aromatic carboxylic acids is 1. The second-order valence-corrected chi connectivity index (χ2v) is 6.00. The zero-order valence-corrected chi connectivity index (χ0v) is 15.0. The molecule has 3 N–H and O–H groups in total. The molecule has 142 valence electrons. The Bertz CT molecular complexity index is 1030. The monoisotopic (exact) mass is 378 g/mol. The molecule has 0 aliphatic carbocycles. The molecule has 8 heteroatoms. The van der Waals surface area contributed by atoms with Gasteiger partial charge in [0.15, 0.2) is 0 Å². The molecular formula is C20H18N4O4. The second kappa shape index (κ2) is 8.17. The van der Waals surface area contributed by atoms with E-state index in [2.05, 4.69) is 15.7 Å². The Labute approximate surface area is 160 Å². The minimum absolute atomic E-state index is 0.0716. The molecule has 0 atom stereocenters. The molecule has 2 aromatic carbocycles. The molecule has 0 bridgehead atoms. The first-order valence-corrected chi connectivity index (χ1v) is 8.45. The lowest BCUT2D eigenvalue weighted by Gasteiger charge is -2.08. The molecule has 0 radical (unpaired) electrons. The van der Waals surface area contributed by atoms with Gasteiger partial charge in [-0.3, -0.25) is 14.3 Å². The van der Waals surface area contributed by atoms with Crippen molar-refractivity contribution >= 4 is 23.6 Å². The summed E-state index contributed by atoms with van der Waals surface area (Å²) in [5.74, 6) is -2.47. The van der Waals surface area contributed by atoms with Crippen molar-refractivity contribution in [2.45, 2.75) is 6.54 Å². The first-order chi connectivity index (χ1) is 13.5. The van der Waals surface area contributed by atoms with Crippen molar-refractivity contribution in [2.24, 2.45) is 7.05 Å². The third kappa shape index (κ3) is 4.24. The number of carboxylic acids is 1. The van der Waals surface area contributed by atoms with Gasteiger partial charge in [0.25, 0.3) is 0 Å². The molecule has 3 aromatic rings. The lowest BCUT2D eigenvalue weighted by Crippen LogP contribution is -2.35. The average molecular weight is 378 g/mol. The second-order valence-electron chi connectivity index (χ2n) is 6.00. The molecule has 8 nitrogen and oxygen atoms in total. The number of hydrogen-bond donors (Lipinski definition) is 3. The van der Waals surface area contributed by atoms with Gasteiger partial charge in [-0.15, -0.1) is 0 Å². The van der Waals surface area contributed by atoms with E-state index in [9.17, 15) is 14.4 Å². The van der Waals surface area contributed by atoms with E-state index in [1.54, 1.807) is 31.3 Å². The van der Waals surface area contributed by atoms with Crippen LogP contribution in [0.5, 0.6) is 0 Å². The smallest absolute Gasteiger partial charge is 0.336 e. The van der Waals surface area contributed by atoms with Crippen molar-refractivity contribution in [2.75, 3.05) is 5.32 Å². The van der Waals surface area contributed by atoms with Crippen LogP contribution in [0.3, 0.4) is 0 Å². The molecule has 28 heavy (non-hydrogen) atoms. The van der Waals surface area contributed by atoms with Crippen molar-refractivity contribution in [1.29, 1.82) is 0 Å². The fourth-order valence-corrected chi connectivity index (χ4v) is 2.65. The van der Waals surface area contributed by atoms with Crippen molar-refractivity contribution < 1.29 is 19.5 Å². The van der Waals surface area contributed by atoms with Crippen LogP contribution < -0.4 is 10.6 Å². The Morgan fingerprint density at radius 2 is 1.68 bits per heavy atom. The number of aromatic nitrogens is 2. The van der Waals surface area contributed by atoms with Crippen LogP contribution in [0.25, 0.3) is 11.3 Å². The van der Waals surface area contributed by atoms with Gasteiger partial charge in [0.1, 0.15) is 5.82 Å². The molecule has 0 saturated carbocycles. The van der Waals surface area contributed by atoms with Crippen molar-refractivity contribution in [3.05, 3.63) is 71.8 Å². The first kappa shape index (κ1) is 18.8. The van der Waals surface area contributed by atoms with Crippen LogP contribution in [0.2, 0.25) is 0 Å². The fraction of sp³-hybridized carbons (Fsp3) is 0.100. The van der Waals surface area contributed by atoms with Crippen LogP contribution in [0, 0.1) is 0 Å². The maximum absolute atomic E-state index is 12.2. The number of rotatable bonds is 5. The summed E-state index contributed by atoms with van der Waals surface area (Å²) in [6.45, 7) is -0.0740. The highest BCUT2D eigenvalue weighted by molar-refractivity contribution is 6.39. The molecule has 1 heterocycles. The Kier molecular flexibility index (Phi) is 5.50. The summed E-state index contributed by atoms with van der Waals surface area (Å²) in [6, 6.07) is 17.4. The minimum Gasteiger partial charge on any atom is -0.478 e. The molecule has 0 fully saturated rings. The fourth-order valence-electron chi connectivity index (χ4n) is 2.65. The normalized spacial score (nSPS) is 10.3. The zero-order chi connectivity index (χ0) is 20.1. The topological polar surface area (TPSA) is 113 Å². The van der Waals surface area contributed by atoms with E-state index in [1.807, 2.05) is 30.3 Å². The number of aryl methyl sites for hydroxylation is 1. The van der Waals surface area contributed by atoms with Crippen molar-refractivity contribution in [3.8, 4) is 11.3 Å². The van der Waals surface area contributed by atoms with Crippen LogP contribution in [0.15, 0.2) is 60.7 Å².